The number of carbonyl (C=O) groups excluding carboxylic acids is 3. The van der Waals surface area contributed by atoms with Crippen molar-refractivity contribution in [3.8, 4) is 11.4 Å². The molecule has 0 spiro atoms. The molecule has 0 aliphatic carbocycles. The zero-order chi connectivity index (χ0) is 29.3. The Hall–Kier alpha value is -4.72. The van der Waals surface area contributed by atoms with Gasteiger partial charge in [0.25, 0.3) is 5.56 Å². The molecule has 1 atom stereocenters. The van der Waals surface area contributed by atoms with E-state index < -0.39 is 35.5 Å². The molecule has 0 saturated carbocycles. The van der Waals surface area contributed by atoms with Crippen LogP contribution in [0, 0.1) is 5.92 Å². The van der Waals surface area contributed by atoms with Crippen molar-refractivity contribution in [2.75, 3.05) is 23.4 Å². The van der Waals surface area contributed by atoms with Gasteiger partial charge in [-0.1, -0.05) is 18.2 Å². The topological polar surface area (TPSA) is 120 Å². The molecule has 4 aromatic rings. The number of rotatable bonds is 7. The Morgan fingerprint density at radius 1 is 1.07 bits per heavy atom. The third-order valence-corrected chi connectivity index (χ3v) is 7.13. The van der Waals surface area contributed by atoms with Crippen LogP contribution in [0.4, 0.5) is 23.9 Å². The second-order valence-electron chi connectivity index (χ2n) is 8.91. The molecule has 41 heavy (non-hydrogen) atoms. The number of aromatic nitrogens is 2. The van der Waals surface area contributed by atoms with Crippen molar-refractivity contribution >= 4 is 50.6 Å². The monoisotopic (exact) mass is 586 g/mol. The van der Waals surface area contributed by atoms with Crippen LogP contribution in [0.15, 0.2) is 64.8 Å². The van der Waals surface area contributed by atoms with Crippen molar-refractivity contribution in [3.05, 3.63) is 76.0 Å². The number of nitrogens with one attached hydrogen (secondary N) is 1. The minimum absolute atomic E-state index is 0.0198. The lowest BCUT2D eigenvalue weighted by atomic mass is 10.1. The van der Waals surface area contributed by atoms with E-state index in [4.69, 9.17) is 4.74 Å². The fraction of sp³-hybridized carbons (Fsp3) is 0.222. The number of benzene rings is 2. The Labute approximate surface area is 233 Å². The molecule has 1 N–H and O–H groups in total. The highest BCUT2D eigenvalue weighted by molar-refractivity contribution is 7.16. The van der Waals surface area contributed by atoms with Crippen molar-refractivity contribution < 1.29 is 37.0 Å². The predicted octanol–water partition coefficient (Wildman–Crippen LogP) is 4.51. The number of hydrogen-bond acceptors (Lipinski definition) is 8. The maximum atomic E-state index is 13.6. The lowest BCUT2D eigenvalue weighted by Gasteiger charge is -2.16. The van der Waals surface area contributed by atoms with Crippen LogP contribution < -0.4 is 20.5 Å². The van der Waals surface area contributed by atoms with Crippen LogP contribution in [-0.4, -0.2) is 47.1 Å². The third-order valence-electron chi connectivity index (χ3n) is 6.24. The maximum Gasteiger partial charge on any atom is 0.573 e. The average Bonchev–Trinajstić information content (AvgIpc) is 3.53. The van der Waals surface area contributed by atoms with Gasteiger partial charge in [-0.3, -0.25) is 14.4 Å². The molecular formula is C27H21F3N4O6S. The van der Waals surface area contributed by atoms with E-state index in [1.54, 1.807) is 31.2 Å². The first kappa shape index (κ1) is 27.8. The molecule has 1 aliphatic heterocycles. The van der Waals surface area contributed by atoms with Crippen LogP contribution in [0.25, 0.3) is 16.5 Å². The first-order valence-corrected chi connectivity index (χ1v) is 13.2. The quantitative estimate of drug-likeness (QED) is 0.317. The zero-order valence-corrected chi connectivity index (χ0v) is 22.1. The van der Waals surface area contributed by atoms with E-state index >= 15 is 0 Å². The summed E-state index contributed by atoms with van der Waals surface area (Å²) in [5.74, 6) is -2.76. The molecule has 10 nitrogen and oxygen atoms in total. The van der Waals surface area contributed by atoms with Gasteiger partial charge in [0.15, 0.2) is 5.69 Å². The molecule has 212 valence electrons. The van der Waals surface area contributed by atoms with Crippen molar-refractivity contribution in [1.29, 1.82) is 0 Å². The number of thiophene rings is 1. The molecule has 5 rings (SSSR count). The summed E-state index contributed by atoms with van der Waals surface area (Å²) in [5, 5.41) is 8.54. The van der Waals surface area contributed by atoms with E-state index in [-0.39, 0.29) is 52.6 Å². The Balaban J connectivity index is 1.49. The highest BCUT2D eigenvalue weighted by Crippen LogP contribution is 2.33. The molecule has 1 aliphatic rings. The number of ether oxygens (including phenoxy) is 2. The smallest absolute Gasteiger partial charge is 0.461 e. The van der Waals surface area contributed by atoms with Crippen LogP contribution in [0.5, 0.6) is 5.75 Å². The van der Waals surface area contributed by atoms with Crippen molar-refractivity contribution in [2.45, 2.75) is 19.7 Å². The van der Waals surface area contributed by atoms with E-state index in [1.165, 1.54) is 22.4 Å². The van der Waals surface area contributed by atoms with Gasteiger partial charge in [-0.2, -0.15) is 9.78 Å². The predicted molar refractivity (Wildman–Crippen MR) is 143 cm³/mol. The van der Waals surface area contributed by atoms with E-state index in [9.17, 15) is 32.3 Å². The summed E-state index contributed by atoms with van der Waals surface area (Å²) >= 11 is 0.988. The molecule has 0 radical (unpaired) electrons. The molecule has 2 amide bonds. The van der Waals surface area contributed by atoms with Gasteiger partial charge in [0.05, 0.1) is 23.6 Å². The third kappa shape index (κ3) is 5.77. The van der Waals surface area contributed by atoms with E-state index in [0.717, 1.165) is 28.2 Å². The number of nitrogens with zero attached hydrogens (tertiary/aromatic N) is 3. The molecule has 1 unspecified atom stereocenters. The van der Waals surface area contributed by atoms with Crippen LogP contribution in [0.3, 0.4) is 0 Å². The second kappa shape index (κ2) is 11.0. The molecule has 1 saturated heterocycles. The summed E-state index contributed by atoms with van der Waals surface area (Å²) < 4.78 is 47.5. The van der Waals surface area contributed by atoms with Gasteiger partial charge in [-0.05, 0) is 43.3 Å². The first-order chi connectivity index (χ1) is 19.6. The van der Waals surface area contributed by atoms with Gasteiger partial charge < -0.3 is 19.7 Å². The molecule has 2 aromatic carbocycles. The second-order valence-corrected chi connectivity index (χ2v) is 9.79. The SMILES string of the molecule is CCOC(=O)c1nn(-c2ccc(OC(F)(F)F)cc2)c(=O)c2c(NC(=O)C3CC(=O)N(c4ccccc4)C3)scc12. The van der Waals surface area contributed by atoms with Gasteiger partial charge in [0.1, 0.15) is 10.8 Å². The van der Waals surface area contributed by atoms with Crippen LogP contribution in [0.1, 0.15) is 23.8 Å². The Morgan fingerprint density at radius 2 is 1.78 bits per heavy atom. The highest BCUT2D eigenvalue weighted by Gasteiger charge is 2.36. The largest absolute Gasteiger partial charge is 0.573 e. The fourth-order valence-electron chi connectivity index (χ4n) is 4.41. The van der Waals surface area contributed by atoms with Gasteiger partial charge in [-0.25, -0.2) is 4.79 Å². The highest BCUT2D eigenvalue weighted by atomic mass is 32.1. The lowest BCUT2D eigenvalue weighted by Crippen LogP contribution is -2.29. The fourth-order valence-corrected chi connectivity index (χ4v) is 5.35. The number of carbonyl (C=O) groups is 3. The molecular weight excluding hydrogens is 565 g/mol. The normalized spacial score (nSPS) is 15.3. The van der Waals surface area contributed by atoms with E-state index in [0.29, 0.717) is 5.69 Å². The Kier molecular flexibility index (Phi) is 7.49. The average molecular weight is 587 g/mol. The number of esters is 1. The number of anilines is 2. The number of amides is 2. The molecule has 1 fully saturated rings. The van der Waals surface area contributed by atoms with Gasteiger partial charge in [0.2, 0.25) is 11.8 Å². The maximum absolute atomic E-state index is 13.6. The Bertz CT molecular complexity index is 1690. The van der Waals surface area contributed by atoms with Crippen molar-refractivity contribution in [1.82, 2.24) is 9.78 Å². The van der Waals surface area contributed by atoms with Gasteiger partial charge >= 0.3 is 12.3 Å². The minimum Gasteiger partial charge on any atom is -0.461 e. The Morgan fingerprint density at radius 3 is 2.44 bits per heavy atom. The number of halogens is 3. The standard InChI is InChI=1S/C27H21F3N4O6S/c1-2-39-26(38)22-19-14-41-24(31-23(36)15-12-20(35)33(13-15)16-6-4-3-5-7-16)21(19)25(37)34(32-22)17-8-10-18(11-9-17)40-27(28,29)30/h3-11,14-15H,2,12-13H2,1H3,(H,31,36). The van der Waals surface area contributed by atoms with E-state index in [2.05, 4.69) is 15.2 Å². The minimum atomic E-state index is -4.90. The van der Waals surface area contributed by atoms with Crippen molar-refractivity contribution in [2.24, 2.45) is 5.92 Å². The summed E-state index contributed by atoms with van der Waals surface area (Å²) in [6, 6.07) is 13.2. The zero-order valence-electron chi connectivity index (χ0n) is 21.3. The van der Waals surface area contributed by atoms with Crippen LogP contribution >= 0.6 is 11.3 Å². The van der Waals surface area contributed by atoms with Crippen molar-refractivity contribution in [3.63, 3.8) is 0 Å². The summed E-state index contributed by atoms with van der Waals surface area (Å²) in [6.07, 6.45) is -4.94. The summed E-state index contributed by atoms with van der Waals surface area (Å²) in [5.41, 5.74) is -0.253. The van der Waals surface area contributed by atoms with E-state index in [1.807, 2.05) is 6.07 Å². The molecule has 14 heteroatoms. The summed E-state index contributed by atoms with van der Waals surface area (Å²) in [4.78, 5) is 53.7. The summed E-state index contributed by atoms with van der Waals surface area (Å²) in [6.45, 7) is 1.75. The van der Waals surface area contributed by atoms with Gasteiger partial charge in [-0.15, -0.1) is 24.5 Å². The summed E-state index contributed by atoms with van der Waals surface area (Å²) in [7, 11) is 0. The first-order valence-electron chi connectivity index (χ1n) is 12.3. The lowest BCUT2D eigenvalue weighted by molar-refractivity contribution is -0.274. The molecule has 0 bridgehead atoms. The van der Waals surface area contributed by atoms with Gasteiger partial charge in [0, 0.05) is 29.4 Å². The number of para-hydroxylation sites is 1. The number of fused-ring (bicyclic) bond motifs is 1. The van der Waals surface area contributed by atoms with Crippen LogP contribution in [-0.2, 0) is 14.3 Å². The number of alkyl halides is 3. The number of hydrogen-bond donors (Lipinski definition) is 1. The van der Waals surface area contributed by atoms with Crippen LogP contribution in [0.2, 0.25) is 0 Å². The molecule has 2 aromatic heterocycles. The molecule has 3 heterocycles.